The second-order valence-electron chi connectivity index (χ2n) is 7.87. The zero-order chi connectivity index (χ0) is 19.8. The van der Waals surface area contributed by atoms with Crippen LogP contribution in [0.15, 0.2) is 10.4 Å². The number of aromatic nitrogens is 1. The summed E-state index contributed by atoms with van der Waals surface area (Å²) < 4.78 is 5.36. The van der Waals surface area contributed by atoms with E-state index < -0.39 is 0 Å². The smallest absolute Gasteiger partial charge is 0.193 e. The van der Waals surface area contributed by atoms with Crippen LogP contribution in [-0.2, 0) is 11.3 Å². The van der Waals surface area contributed by atoms with Crippen molar-refractivity contribution in [2.75, 3.05) is 40.8 Å². The fourth-order valence-corrected chi connectivity index (χ4v) is 4.45. The van der Waals surface area contributed by atoms with Crippen molar-refractivity contribution < 1.29 is 4.74 Å². The first-order valence-corrected chi connectivity index (χ1v) is 11.0. The van der Waals surface area contributed by atoms with Crippen molar-refractivity contribution in [1.29, 1.82) is 0 Å². The van der Waals surface area contributed by atoms with Gasteiger partial charge in [-0.25, -0.2) is 4.98 Å². The van der Waals surface area contributed by atoms with Crippen LogP contribution in [-0.4, -0.2) is 67.6 Å². The van der Waals surface area contributed by atoms with Crippen LogP contribution in [0.5, 0.6) is 0 Å². The summed E-state index contributed by atoms with van der Waals surface area (Å²) in [4.78, 5) is 14.0. The Kier molecular flexibility index (Phi) is 11.9. The number of hydrogen-bond donors (Lipinski definition) is 1. The van der Waals surface area contributed by atoms with E-state index in [1.165, 1.54) is 32.4 Å². The summed E-state index contributed by atoms with van der Waals surface area (Å²) in [7, 11) is 5.64. The van der Waals surface area contributed by atoms with Crippen LogP contribution in [0.3, 0.4) is 0 Å². The molecule has 0 amide bonds. The molecule has 2 unspecified atom stereocenters. The van der Waals surface area contributed by atoms with Gasteiger partial charge in [-0.15, -0.1) is 35.3 Å². The Morgan fingerprint density at radius 1 is 1.36 bits per heavy atom. The lowest BCUT2D eigenvalue weighted by atomic mass is 10.0. The van der Waals surface area contributed by atoms with Crippen LogP contribution < -0.4 is 5.32 Å². The molecule has 1 saturated heterocycles. The molecule has 1 aliphatic heterocycles. The van der Waals surface area contributed by atoms with Gasteiger partial charge in [0.15, 0.2) is 5.96 Å². The zero-order valence-corrected chi connectivity index (χ0v) is 21.4. The molecule has 28 heavy (non-hydrogen) atoms. The second kappa shape index (κ2) is 13.0. The Hall–Kier alpha value is -0.450. The van der Waals surface area contributed by atoms with E-state index in [1.54, 1.807) is 18.4 Å². The molecule has 0 radical (unpaired) electrons. The summed E-state index contributed by atoms with van der Waals surface area (Å²) >= 11 is 1.66. The number of likely N-dealkylation sites (tertiary alicyclic amines) is 1. The SMILES string of the molecule is CN=C(NCC(CC(C)C)N1CCCC1)N(C)Cc1csc(C(C)OC)n1.I. The van der Waals surface area contributed by atoms with Crippen LogP contribution in [0, 0.1) is 5.92 Å². The normalized spacial score (nSPS) is 17.5. The van der Waals surface area contributed by atoms with E-state index in [1.807, 2.05) is 14.0 Å². The number of nitrogens with one attached hydrogen (secondary N) is 1. The maximum absolute atomic E-state index is 5.36. The van der Waals surface area contributed by atoms with Gasteiger partial charge in [0.25, 0.3) is 0 Å². The minimum Gasteiger partial charge on any atom is -0.375 e. The highest BCUT2D eigenvalue weighted by atomic mass is 127. The van der Waals surface area contributed by atoms with Crippen molar-refractivity contribution in [1.82, 2.24) is 20.1 Å². The van der Waals surface area contributed by atoms with Crippen LogP contribution in [0.4, 0.5) is 0 Å². The van der Waals surface area contributed by atoms with Gasteiger partial charge in [-0.2, -0.15) is 0 Å². The number of hydrogen-bond acceptors (Lipinski definition) is 5. The van der Waals surface area contributed by atoms with E-state index in [4.69, 9.17) is 9.72 Å². The molecule has 0 saturated carbocycles. The zero-order valence-electron chi connectivity index (χ0n) is 18.3. The van der Waals surface area contributed by atoms with Crippen LogP contribution in [0.1, 0.15) is 56.8 Å². The summed E-state index contributed by atoms with van der Waals surface area (Å²) in [5, 5.41) is 6.73. The number of nitrogens with zero attached hydrogens (tertiary/aromatic N) is 4. The number of thiazole rings is 1. The molecule has 0 spiro atoms. The molecule has 2 atom stereocenters. The predicted octanol–water partition coefficient (Wildman–Crippen LogP) is 3.99. The van der Waals surface area contributed by atoms with Crippen molar-refractivity contribution in [3.63, 3.8) is 0 Å². The number of halogens is 1. The fourth-order valence-electron chi connectivity index (χ4n) is 3.61. The highest BCUT2D eigenvalue weighted by molar-refractivity contribution is 14.0. The number of aliphatic imine (C=N–C) groups is 1. The third-order valence-corrected chi connectivity index (χ3v) is 6.19. The molecule has 0 bridgehead atoms. The standard InChI is InChI=1S/C20H37N5OS.HI/c1-15(2)11-18(25-9-7-8-10-25)12-22-20(21-4)24(5)13-17-14-27-19(23-17)16(3)26-6;/h14-16,18H,7-13H2,1-6H3,(H,21,22);1H. The number of guanidine groups is 1. The lowest BCUT2D eigenvalue weighted by Gasteiger charge is -2.31. The van der Waals surface area contributed by atoms with Gasteiger partial charge in [0.05, 0.1) is 12.2 Å². The van der Waals surface area contributed by atoms with Crippen LogP contribution >= 0.6 is 35.3 Å². The maximum Gasteiger partial charge on any atom is 0.193 e. The average Bonchev–Trinajstić information content (AvgIpc) is 3.32. The molecule has 2 rings (SSSR count). The Morgan fingerprint density at radius 3 is 2.61 bits per heavy atom. The molecule has 1 N–H and O–H groups in total. The lowest BCUT2D eigenvalue weighted by molar-refractivity contribution is 0.119. The summed E-state index contributed by atoms with van der Waals surface area (Å²) in [6.07, 6.45) is 3.92. The quantitative estimate of drug-likeness (QED) is 0.302. The first kappa shape index (κ1) is 25.6. The minimum absolute atomic E-state index is 0. The molecule has 1 aliphatic rings. The summed E-state index contributed by atoms with van der Waals surface area (Å²) in [5.74, 6) is 1.63. The Bertz CT molecular complexity index is 589. The highest BCUT2D eigenvalue weighted by Crippen LogP contribution is 2.21. The van der Waals surface area contributed by atoms with E-state index in [9.17, 15) is 0 Å². The van der Waals surface area contributed by atoms with Gasteiger partial charge in [-0.1, -0.05) is 13.8 Å². The molecule has 0 aliphatic carbocycles. The molecule has 8 heteroatoms. The molecule has 1 aromatic rings. The fraction of sp³-hybridized carbons (Fsp3) is 0.800. The summed E-state index contributed by atoms with van der Waals surface area (Å²) in [6, 6.07) is 0.575. The van der Waals surface area contributed by atoms with Crippen LogP contribution in [0.2, 0.25) is 0 Å². The molecule has 1 fully saturated rings. The molecule has 1 aromatic heterocycles. The van der Waals surface area contributed by atoms with Crippen molar-refractivity contribution >= 4 is 41.3 Å². The Balaban J connectivity index is 0.00000392. The highest BCUT2D eigenvalue weighted by Gasteiger charge is 2.23. The first-order valence-electron chi connectivity index (χ1n) is 10.1. The van der Waals surface area contributed by atoms with E-state index in [0.29, 0.717) is 12.0 Å². The number of ether oxygens (including phenoxy) is 1. The average molecular weight is 524 g/mol. The van der Waals surface area contributed by atoms with Crippen molar-refractivity contribution in [2.24, 2.45) is 10.9 Å². The van der Waals surface area contributed by atoms with E-state index in [0.717, 1.165) is 29.8 Å². The predicted molar refractivity (Wildman–Crippen MR) is 130 cm³/mol. The van der Waals surface area contributed by atoms with E-state index in [2.05, 4.69) is 46.4 Å². The topological polar surface area (TPSA) is 53.0 Å². The second-order valence-corrected chi connectivity index (χ2v) is 8.76. The third-order valence-electron chi connectivity index (χ3n) is 5.14. The summed E-state index contributed by atoms with van der Waals surface area (Å²) in [6.45, 7) is 10.8. The van der Waals surface area contributed by atoms with Crippen molar-refractivity contribution in [3.8, 4) is 0 Å². The van der Waals surface area contributed by atoms with Gasteiger partial charge in [0, 0.05) is 39.2 Å². The maximum atomic E-state index is 5.36. The minimum atomic E-state index is 0. The van der Waals surface area contributed by atoms with Crippen molar-refractivity contribution in [2.45, 2.75) is 58.7 Å². The van der Waals surface area contributed by atoms with Crippen LogP contribution in [0.25, 0.3) is 0 Å². The van der Waals surface area contributed by atoms with Gasteiger partial charge in [-0.05, 0) is 45.2 Å². The Morgan fingerprint density at radius 2 is 2.04 bits per heavy atom. The van der Waals surface area contributed by atoms with E-state index >= 15 is 0 Å². The number of methoxy groups -OCH3 is 1. The molecular formula is C20H38IN5OS. The first-order chi connectivity index (χ1) is 12.9. The molecule has 0 aromatic carbocycles. The monoisotopic (exact) mass is 523 g/mol. The molecule has 162 valence electrons. The molecule has 6 nitrogen and oxygen atoms in total. The van der Waals surface area contributed by atoms with Gasteiger partial charge in [-0.3, -0.25) is 9.89 Å². The van der Waals surface area contributed by atoms with Gasteiger partial charge >= 0.3 is 0 Å². The summed E-state index contributed by atoms with van der Waals surface area (Å²) in [5.41, 5.74) is 1.06. The third kappa shape index (κ3) is 7.76. The molecule has 2 heterocycles. The lowest BCUT2D eigenvalue weighted by Crippen LogP contribution is -2.47. The largest absolute Gasteiger partial charge is 0.375 e. The van der Waals surface area contributed by atoms with Gasteiger partial charge < -0.3 is 15.0 Å². The van der Waals surface area contributed by atoms with Crippen molar-refractivity contribution in [3.05, 3.63) is 16.1 Å². The number of rotatable bonds is 9. The Labute approximate surface area is 192 Å². The van der Waals surface area contributed by atoms with E-state index in [-0.39, 0.29) is 30.1 Å². The molecular weight excluding hydrogens is 485 g/mol. The van der Waals surface area contributed by atoms with Gasteiger partial charge in [0.1, 0.15) is 11.1 Å². The van der Waals surface area contributed by atoms with Gasteiger partial charge in [0.2, 0.25) is 0 Å².